The lowest BCUT2D eigenvalue weighted by molar-refractivity contribution is -0.121. The highest BCUT2D eigenvalue weighted by Crippen LogP contribution is 2.26. The van der Waals surface area contributed by atoms with Crippen molar-refractivity contribution in [2.45, 2.75) is 32.4 Å². The van der Waals surface area contributed by atoms with Crippen LogP contribution in [0.3, 0.4) is 0 Å². The summed E-state index contributed by atoms with van der Waals surface area (Å²) < 4.78 is 13.5. The standard InChI is InChI=1S/C27H29N3O3/c1-20(28-26(31)19-21-11-4-3-5-12-21)27-29-22-13-6-7-14-23(22)30(27)17-10-18-33-25-16-9-8-15-24(25)32-2/h3-9,11-16,20H,10,17-19H2,1-2H3,(H,28,31). The Kier molecular flexibility index (Phi) is 7.25. The van der Waals surface area contributed by atoms with Crippen LogP contribution in [-0.4, -0.2) is 29.2 Å². The number of hydrogen-bond acceptors (Lipinski definition) is 4. The lowest BCUT2D eigenvalue weighted by Gasteiger charge is -2.17. The van der Waals surface area contributed by atoms with Crippen LogP contribution in [0.15, 0.2) is 78.9 Å². The Hall–Kier alpha value is -3.80. The van der Waals surface area contributed by atoms with E-state index in [-0.39, 0.29) is 11.9 Å². The summed E-state index contributed by atoms with van der Waals surface area (Å²) in [5, 5.41) is 3.11. The van der Waals surface area contributed by atoms with Gasteiger partial charge in [-0.1, -0.05) is 54.6 Å². The normalized spacial score (nSPS) is 11.8. The molecule has 1 aromatic heterocycles. The van der Waals surface area contributed by atoms with E-state index < -0.39 is 0 Å². The Balaban J connectivity index is 1.44. The first-order valence-corrected chi connectivity index (χ1v) is 11.2. The number of fused-ring (bicyclic) bond motifs is 1. The summed E-state index contributed by atoms with van der Waals surface area (Å²) in [6.45, 7) is 3.25. The summed E-state index contributed by atoms with van der Waals surface area (Å²) in [6.07, 6.45) is 1.13. The first-order chi connectivity index (χ1) is 16.2. The molecule has 0 aliphatic heterocycles. The molecule has 0 saturated heterocycles. The van der Waals surface area contributed by atoms with Gasteiger partial charge in [0.05, 0.1) is 37.2 Å². The predicted molar refractivity (Wildman–Crippen MR) is 130 cm³/mol. The van der Waals surface area contributed by atoms with E-state index in [1.54, 1.807) is 7.11 Å². The number of aryl methyl sites for hydroxylation is 1. The lowest BCUT2D eigenvalue weighted by Crippen LogP contribution is -2.30. The SMILES string of the molecule is COc1ccccc1OCCCn1c(C(C)NC(=O)Cc2ccccc2)nc2ccccc21. The zero-order valence-electron chi connectivity index (χ0n) is 19.0. The van der Waals surface area contributed by atoms with Crippen LogP contribution in [0.1, 0.15) is 30.8 Å². The lowest BCUT2D eigenvalue weighted by atomic mass is 10.1. The van der Waals surface area contributed by atoms with E-state index in [1.165, 1.54) is 0 Å². The van der Waals surface area contributed by atoms with E-state index in [2.05, 4.69) is 16.0 Å². The van der Waals surface area contributed by atoms with E-state index in [1.807, 2.05) is 79.7 Å². The fraction of sp³-hybridized carbons (Fsp3) is 0.259. The monoisotopic (exact) mass is 443 g/mol. The highest BCUT2D eigenvalue weighted by Gasteiger charge is 2.18. The number of ether oxygens (including phenoxy) is 2. The molecule has 3 aromatic carbocycles. The molecule has 33 heavy (non-hydrogen) atoms. The van der Waals surface area contributed by atoms with Crippen LogP contribution in [-0.2, 0) is 17.8 Å². The summed E-state index contributed by atoms with van der Waals surface area (Å²) in [5.74, 6) is 2.28. The summed E-state index contributed by atoms with van der Waals surface area (Å²) in [4.78, 5) is 17.4. The number of amides is 1. The zero-order valence-corrected chi connectivity index (χ0v) is 19.0. The van der Waals surface area contributed by atoms with Gasteiger partial charge in [-0.25, -0.2) is 4.98 Å². The molecule has 6 heteroatoms. The first-order valence-electron chi connectivity index (χ1n) is 11.2. The predicted octanol–water partition coefficient (Wildman–Crippen LogP) is 4.93. The van der Waals surface area contributed by atoms with E-state index in [4.69, 9.17) is 14.5 Å². The molecule has 4 aromatic rings. The molecule has 1 N–H and O–H groups in total. The molecule has 1 unspecified atom stereocenters. The van der Waals surface area contributed by atoms with Crippen LogP contribution < -0.4 is 14.8 Å². The van der Waals surface area contributed by atoms with Crippen LogP contribution in [0.4, 0.5) is 0 Å². The van der Waals surface area contributed by atoms with Gasteiger partial charge in [-0.2, -0.15) is 0 Å². The van der Waals surface area contributed by atoms with Gasteiger partial charge in [-0.3, -0.25) is 4.79 Å². The van der Waals surface area contributed by atoms with Crippen LogP contribution in [0.5, 0.6) is 11.5 Å². The Labute approximate surface area is 194 Å². The second-order valence-electron chi connectivity index (χ2n) is 7.91. The third kappa shape index (κ3) is 5.52. The van der Waals surface area contributed by atoms with Crippen molar-refractivity contribution in [1.29, 1.82) is 0 Å². The van der Waals surface area contributed by atoms with Crippen molar-refractivity contribution >= 4 is 16.9 Å². The molecule has 0 saturated carbocycles. The Bertz CT molecular complexity index is 1200. The van der Waals surface area contributed by atoms with E-state index in [0.29, 0.717) is 13.0 Å². The third-order valence-corrected chi connectivity index (χ3v) is 5.51. The minimum atomic E-state index is -0.219. The summed E-state index contributed by atoms with van der Waals surface area (Å²) in [6, 6.07) is 25.2. The Morgan fingerprint density at radius 3 is 2.45 bits per heavy atom. The van der Waals surface area contributed by atoms with Crippen molar-refractivity contribution in [2.75, 3.05) is 13.7 Å². The fourth-order valence-corrected chi connectivity index (χ4v) is 3.94. The molecular weight excluding hydrogens is 414 g/mol. The van der Waals surface area contributed by atoms with Crippen LogP contribution in [0, 0.1) is 0 Å². The summed E-state index contributed by atoms with van der Waals surface area (Å²) in [5.41, 5.74) is 2.96. The second kappa shape index (κ2) is 10.7. The topological polar surface area (TPSA) is 65.4 Å². The maximum Gasteiger partial charge on any atom is 0.224 e. The average molecular weight is 444 g/mol. The molecule has 170 valence electrons. The largest absolute Gasteiger partial charge is 0.493 e. The quantitative estimate of drug-likeness (QED) is 0.353. The molecule has 0 fully saturated rings. The van der Waals surface area contributed by atoms with Crippen LogP contribution >= 0.6 is 0 Å². The first kappa shape index (κ1) is 22.4. The number of hydrogen-bond donors (Lipinski definition) is 1. The molecule has 4 rings (SSSR count). The van der Waals surface area contributed by atoms with Crippen molar-refractivity contribution in [3.05, 3.63) is 90.3 Å². The molecule has 0 radical (unpaired) electrons. The number of imidazole rings is 1. The number of carbonyl (C=O) groups excluding carboxylic acids is 1. The van der Waals surface area contributed by atoms with Gasteiger partial charge in [-0.05, 0) is 43.2 Å². The molecule has 1 amide bonds. The van der Waals surface area contributed by atoms with Crippen molar-refractivity contribution in [3.63, 3.8) is 0 Å². The van der Waals surface area contributed by atoms with Gasteiger partial charge < -0.3 is 19.4 Å². The van der Waals surface area contributed by atoms with Gasteiger partial charge in [0.25, 0.3) is 0 Å². The van der Waals surface area contributed by atoms with Gasteiger partial charge in [0.15, 0.2) is 11.5 Å². The highest BCUT2D eigenvalue weighted by atomic mass is 16.5. The third-order valence-electron chi connectivity index (χ3n) is 5.51. The van der Waals surface area contributed by atoms with Crippen molar-refractivity contribution in [1.82, 2.24) is 14.9 Å². The number of carbonyl (C=O) groups is 1. The van der Waals surface area contributed by atoms with Gasteiger partial charge in [0, 0.05) is 6.54 Å². The molecule has 1 atom stereocenters. The Morgan fingerprint density at radius 2 is 1.67 bits per heavy atom. The van der Waals surface area contributed by atoms with Crippen molar-refractivity contribution in [2.24, 2.45) is 0 Å². The summed E-state index contributed by atoms with van der Waals surface area (Å²) >= 11 is 0. The molecule has 6 nitrogen and oxygen atoms in total. The summed E-state index contributed by atoms with van der Waals surface area (Å²) in [7, 11) is 1.64. The van der Waals surface area contributed by atoms with Gasteiger partial charge >= 0.3 is 0 Å². The van der Waals surface area contributed by atoms with E-state index in [0.717, 1.165) is 46.9 Å². The highest BCUT2D eigenvalue weighted by molar-refractivity contribution is 5.79. The number of aromatic nitrogens is 2. The number of para-hydroxylation sites is 4. The molecule has 0 spiro atoms. The molecule has 1 heterocycles. The zero-order chi connectivity index (χ0) is 23.0. The average Bonchev–Trinajstić information content (AvgIpc) is 3.21. The molecule has 0 aliphatic rings. The molecule has 0 aliphatic carbocycles. The number of nitrogens with zero attached hydrogens (tertiary/aromatic N) is 2. The second-order valence-corrected chi connectivity index (χ2v) is 7.91. The fourth-order valence-electron chi connectivity index (χ4n) is 3.94. The minimum Gasteiger partial charge on any atom is -0.493 e. The number of benzene rings is 3. The smallest absolute Gasteiger partial charge is 0.224 e. The maximum absolute atomic E-state index is 12.6. The van der Waals surface area contributed by atoms with E-state index in [9.17, 15) is 4.79 Å². The van der Waals surface area contributed by atoms with Crippen molar-refractivity contribution < 1.29 is 14.3 Å². The van der Waals surface area contributed by atoms with Gasteiger partial charge in [0.1, 0.15) is 5.82 Å². The number of rotatable bonds is 10. The Morgan fingerprint density at radius 1 is 0.970 bits per heavy atom. The molecule has 0 bridgehead atoms. The minimum absolute atomic E-state index is 0.0215. The van der Waals surface area contributed by atoms with Crippen LogP contribution in [0.25, 0.3) is 11.0 Å². The van der Waals surface area contributed by atoms with Gasteiger partial charge in [-0.15, -0.1) is 0 Å². The maximum atomic E-state index is 12.6. The van der Waals surface area contributed by atoms with Crippen molar-refractivity contribution in [3.8, 4) is 11.5 Å². The van der Waals surface area contributed by atoms with Gasteiger partial charge in [0.2, 0.25) is 5.91 Å². The number of nitrogens with one attached hydrogen (secondary N) is 1. The number of methoxy groups -OCH3 is 1. The van der Waals surface area contributed by atoms with Crippen LogP contribution in [0.2, 0.25) is 0 Å². The molecular formula is C27H29N3O3. The van der Waals surface area contributed by atoms with E-state index >= 15 is 0 Å².